The molecular weight excluding hydrogens is 186 g/mol. The summed E-state index contributed by atoms with van der Waals surface area (Å²) in [7, 11) is 1.73. The fraction of sp³-hybridized carbons (Fsp3) is 0.385. The number of hydrogen-bond donors (Lipinski definition) is 1. The first-order chi connectivity index (χ1) is 7.42. The molecule has 1 aromatic carbocycles. The molecule has 0 saturated heterocycles. The lowest BCUT2D eigenvalue weighted by Gasteiger charge is -2.10. The average molecular weight is 203 g/mol. The Balaban J connectivity index is 2.30. The Morgan fingerprint density at radius 3 is 2.93 bits per heavy atom. The van der Waals surface area contributed by atoms with Gasteiger partial charge in [0, 0.05) is 5.56 Å². The third-order valence-corrected chi connectivity index (χ3v) is 2.74. The van der Waals surface area contributed by atoms with Crippen LogP contribution < -0.4 is 10.1 Å². The molecule has 1 N–H and O–H groups in total. The molecule has 0 atom stereocenters. The minimum Gasteiger partial charge on any atom is -0.496 e. The van der Waals surface area contributed by atoms with Crippen molar-refractivity contribution >= 4 is 5.57 Å². The largest absolute Gasteiger partial charge is 0.496 e. The topological polar surface area (TPSA) is 21.3 Å². The molecular formula is C13H17NO. The average Bonchev–Trinajstić information content (AvgIpc) is 2.57. The van der Waals surface area contributed by atoms with Crippen molar-refractivity contribution in [2.75, 3.05) is 20.2 Å². The molecule has 2 nitrogen and oxygen atoms in total. The van der Waals surface area contributed by atoms with Gasteiger partial charge in [0.05, 0.1) is 7.11 Å². The standard InChI is InChI=1S/C13H17NO/c1-15-13-7-3-2-6-12(13)11-5-4-9-14-10-8-11/h2-3,5-7,14H,4,8-10H2,1H3. The summed E-state index contributed by atoms with van der Waals surface area (Å²) in [6.45, 7) is 2.14. The maximum Gasteiger partial charge on any atom is 0.126 e. The van der Waals surface area contributed by atoms with E-state index in [4.69, 9.17) is 4.74 Å². The zero-order valence-corrected chi connectivity index (χ0v) is 9.12. The van der Waals surface area contributed by atoms with Crippen LogP contribution in [0.1, 0.15) is 18.4 Å². The van der Waals surface area contributed by atoms with Gasteiger partial charge in [-0.3, -0.25) is 0 Å². The van der Waals surface area contributed by atoms with Crippen LogP contribution in [0.3, 0.4) is 0 Å². The predicted octanol–water partition coefficient (Wildman–Crippen LogP) is 2.46. The van der Waals surface area contributed by atoms with Gasteiger partial charge in [-0.1, -0.05) is 24.3 Å². The first-order valence-corrected chi connectivity index (χ1v) is 5.45. The van der Waals surface area contributed by atoms with Crippen LogP contribution in [0.4, 0.5) is 0 Å². The predicted molar refractivity (Wildman–Crippen MR) is 63.1 cm³/mol. The molecule has 15 heavy (non-hydrogen) atoms. The zero-order chi connectivity index (χ0) is 10.5. The van der Waals surface area contributed by atoms with Gasteiger partial charge in [-0.25, -0.2) is 0 Å². The minimum absolute atomic E-state index is 0.977. The van der Waals surface area contributed by atoms with E-state index in [1.807, 2.05) is 12.1 Å². The van der Waals surface area contributed by atoms with Gasteiger partial charge in [-0.15, -0.1) is 0 Å². The number of para-hydroxylation sites is 1. The maximum absolute atomic E-state index is 5.38. The van der Waals surface area contributed by atoms with Gasteiger partial charge in [0.15, 0.2) is 0 Å². The molecule has 80 valence electrons. The molecule has 0 aliphatic carbocycles. The van der Waals surface area contributed by atoms with Crippen molar-refractivity contribution in [1.29, 1.82) is 0 Å². The Labute approximate surface area is 91.0 Å². The monoisotopic (exact) mass is 203 g/mol. The van der Waals surface area contributed by atoms with E-state index in [0.29, 0.717) is 0 Å². The Morgan fingerprint density at radius 2 is 2.07 bits per heavy atom. The van der Waals surface area contributed by atoms with E-state index < -0.39 is 0 Å². The molecule has 0 radical (unpaired) electrons. The molecule has 2 rings (SSSR count). The lowest BCUT2D eigenvalue weighted by Crippen LogP contribution is -2.13. The van der Waals surface area contributed by atoms with Crippen molar-refractivity contribution < 1.29 is 4.74 Å². The normalized spacial score (nSPS) is 16.7. The third-order valence-electron chi connectivity index (χ3n) is 2.74. The number of methoxy groups -OCH3 is 1. The summed E-state index contributed by atoms with van der Waals surface area (Å²) >= 11 is 0. The van der Waals surface area contributed by atoms with Crippen LogP contribution >= 0.6 is 0 Å². The van der Waals surface area contributed by atoms with Crippen molar-refractivity contribution in [3.8, 4) is 5.75 Å². The highest BCUT2D eigenvalue weighted by molar-refractivity contribution is 5.70. The summed E-state index contributed by atoms with van der Waals surface area (Å²) in [5.41, 5.74) is 2.64. The molecule has 0 saturated carbocycles. The summed E-state index contributed by atoms with van der Waals surface area (Å²) in [6.07, 6.45) is 4.51. The van der Waals surface area contributed by atoms with Gasteiger partial charge in [0.25, 0.3) is 0 Å². The van der Waals surface area contributed by atoms with Crippen LogP contribution in [-0.4, -0.2) is 20.2 Å². The number of benzene rings is 1. The van der Waals surface area contributed by atoms with Gasteiger partial charge in [0.1, 0.15) is 5.75 Å². The first-order valence-electron chi connectivity index (χ1n) is 5.45. The lowest BCUT2D eigenvalue weighted by molar-refractivity contribution is 0.413. The van der Waals surface area contributed by atoms with E-state index in [-0.39, 0.29) is 0 Å². The Kier molecular flexibility index (Phi) is 3.41. The molecule has 0 unspecified atom stereocenters. The van der Waals surface area contributed by atoms with E-state index in [1.165, 1.54) is 11.1 Å². The van der Waals surface area contributed by atoms with E-state index >= 15 is 0 Å². The lowest BCUT2D eigenvalue weighted by atomic mass is 10.0. The quantitative estimate of drug-likeness (QED) is 0.797. The number of ether oxygens (including phenoxy) is 1. The third kappa shape index (κ3) is 2.39. The highest BCUT2D eigenvalue weighted by Crippen LogP contribution is 2.28. The van der Waals surface area contributed by atoms with Gasteiger partial charge in [-0.2, -0.15) is 0 Å². The molecule has 0 aromatic heterocycles. The molecule has 0 amide bonds. The summed E-state index contributed by atoms with van der Waals surface area (Å²) in [6, 6.07) is 8.24. The van der Waals surface area contributed by atoms with Crippen molar-refractivity contribution in [2.45, 2.75) is 12.8 Å². The minimum atomic E-state index is 0.977. The maximum atomic E-state index is 5.38. The van der Waals surface area contributed by atoms with Crippen LogP contribution in [0.15, 0.2) is 30.3 Å². The van der Waals surface area contributed by atoms with E-state index in [2.05, 4.69) is 23.5 Å². The molecule has 1 heterocycles. The van der Waals surface area contributed by atoms with Crippen LogP contribution in [-0.2, 0) is 0 Å². The second-order valence-corrected chi connectivity index (χ2v) is 3.72. The molecule has 0 bridgehead atoms. The van der Waals surface area contributed by atoms with Crippen molar-refractivity contribution in [2.24, 2.45) is 0 Å². The first kappa shape index (κ1) is 10.2. The zero-order valence-electron chi connectivity index (χ0n) is 9.12. The fourth-order valence-corrected chi connectivity index (χ4v) is 1.95. The summed E-state index contributed by atoms with van der Waals surface area (Å²) in [5, 5.41) is 3.39. The Hall–Kier alpha value is -1.28. The Bertz CT molecular complexity index is 357. The van der Waals surface area contributed by atoms with Gasteiger partial charge >= 0.3 is 0 Å². The highest BCUT2D eigenvalue weighted by Gasteiger charge is 2.08. The SMILES string of the molecule is COc1ccccc1C1=CCCNCC1. The van der Waals surface area contributed by atoms with Crippen molar-refractivity contribution in [3.05, 3.63) is 35.9 Å². The van der Waals surface area contributed by atoms with Crippen molar-refractivity contribution in [1.82, 2.24) is 5.32 Å². The van der Waals surface area contributed by atoms with Crippen LogP contribution in [0.25, 0.3) is 5.57 Å². The second-order valence-electron chi connectivity index (χ2n) is 3.72. The number of rotatable bonds is 2. The fourth-order valence-electron chi connectivity index (χ4n) is 1.95. The Morgan fingerprint density at radius 1 is 1.20 bits per heavy atom. The summed E-state index contributed by atoms with van der Waals surface area (Å²) in [4.78, 5) is 0. The number of nitrogens with one attached hydrogen (secondary N) is 1. The van der Waals surface area contributed by atoms with E-state index in [9.17, 15) is 0 Å². The van der Waals surface area contributed by atoms with Gasteiger partial charge < -0.3 is 10.1 Å². The van der Waals surface area contributed by atoms with Crippen molar-refractivity contribution in [3.63, 3.8) is 0 Å². The molecule has 0 spiro atoms. The summed E-state index contributed by atoms with van der Waals surface area (Å²) in [5.74, 6) is 0.977. The molecule has 0 fully saturated rings. The smallest absolute Gasteiger partial charge is 0.126 e. The van der Waals surface area contributed by atoms with Gasteiger partial charge in [0.2, 0.25) is 0 Å². The van der Waals surface area contributed by atoms with E-state index in [0.717, 1.165) is 31.7 Å². The molecule has 2 heteroatoms. The van der Waals surface area contributed by atoms with Crippen LogP contribution in [0, 0.1) is 0 Å². The highest BCUT2D eigenvalue weighted by atomic mass is 16.5. The number of hydrogen-bond acceptors (Lipinski definition) is 2. The molecule has 1 aliphatic heterocycles. The second kappa shape index (κ2) is 4.99. The van der Waals surface area contributed by atoms with E-state index in [1.54, 1.807) is 7.11 Å². The molecule has 1 aliphatic rings. The summed E-state index contributed by atoms with van der Waals surface area (Å²) < 4.78 is 5.38. The molecule has 1 aromatic rings. The van der Waals surface area contributed by atoms with Crippen LogP contribution in [0.5, 0.6) is 5.75 Å². The van der Waals surface area contributed by atoms with Crippen LogP contribution in [0.2, 0.25) is 0 Å². The van der Waals surface area contributed by atoms with Gasteiger partial charge in [-0.05, 0) is 37.6 Å².